The van der Waals surface area contributed by atoms with Crippen molar-refractivity contribution in [3.63, 3.8) is 0 Å². The Morgan fingerprint density at radius 2 is 1.64 bits per heavy atom. The van der Waals surface area contributed by atoms with Crippen LogP contribution in [-0.2, 0) is 10.5 Å². The maximum atomic E-state index is 11.2. The van der Waals surface area contributed by atoms with E-state index in [4.69, 9.17) is 4.74 Å². The second kappa shape index (κ2) is 9.00. The van der Waals surface area contributed by atoms with Crippen LogP contribution in [0.4, 0.5) is 0 Å². The zero-order valence-corrected chi connectivity index (χ0v) is 16.4. The Morgan fingerprint density at radius 1 is 0.964 bits per heavy atom. The van der Waals surface area contributed by atoms with Gasteiger partial charge in [-0.05, 0) is 41.9 Å². The van der Waals surface area contributed by atoms with Gasteiger partial charge in [-0.2, -0.15) is 0 Å². The Labute approximate surface area is 166 Å². The van der Waals surface area contributed by atoms with Crippen molar-refractivity contribution >= 4 is 16.7 Å². The van der Waals surface area contributed by atoms with E-state index in [-0.39, 0.29) is 5.56 Å². The SMILES string of the molecule is CCCCCNC(OC)(c1ccc(C(=O)O)cc1)c1ccc2ccccc2c1. The monoisotopic (exact) mass is 377 g/mol. The van der Waals surface area contributed by atoms with E-state index in [0.29, 0.717) is 0 Å². The first-order chi connectivity index (χ1) is 13.6. The van der Waals surface area contributed by atoms with Gasteiger partial charge in [0.05, 0.1) is 5.56 Å². The average molecular weight is 377 g/mol. The first-order valence-corrected chi connectivity index (χ1v) is 9.74. The molecule has 4 heteroatoms. The molecule has 4 nitrogen and oxygen atoms in total. The number of fused-ring (bicyclic) bond motifs is 1. The fraction of sp³-hybridized carbons (Fsp3) is 0.292. The van der Waals surface area contributed by atoms with E-state index in [1.54, 1.807) is 19.2 Å². The normalized spacial score (nSPS) is 13.4. The van der Waals surface area contributed by atoms with Gasteiger partial charge < -0.3 is 9.84 Å². The summed E-state index contributed by atoms with van der Waals surface area (Å²) in [5, 5.41) is 15.1. The van der Waals surface area contributed by atoms with Gasteiger partial charge in [0.2, 0.25) is 0 Å². The number of rotatable bonds is 9. The first-order valence-electron chi connectivity index (χ1n) is 9.74. The Hall–Kier alpha value is -2.69. The van der Waals surface area contributed by atoms with Crippen LogP contribution in [-0.4, -0.2) is 24.7 Å². The highest BCUT2D eigenvalue weighted by atomic mass is 16.5. The topological polar surface area (TPSA) is 58.6 Å². The van der Waals surface area contributed by atoms with Gasteiger partial charge in [0, 0.05) is 18.2 Å². The molecule has 146 valence electrons. The van der Waals surface area contributed by atoms with E-state index in [0.717, 1.165) is 42.3 Å². The molecule has 3 aromatic rings. The lowest BCUT2D eigenvalue weighted by atomic mass is 9.91. The van der Waals surface area contributed by atoms with Gasteiger partial charge in [0.15, 0.2) is 5.72 Å². The molecule has 0 spiro atoms. The molecule has 0 radical (unpaired) electrons. The predicted octanol–water partition coefficient (Wildman–Crippen LogP) is 5.17. The van der Waals surface area contributed by atoms with Crippen LogP contribution in [0.15, 0.2) is 66.7 Å². The molecule has 0 aromatic heterocycles. The number of hydrogen-bond acceptors (Lipinski definition) is 3. The number of nitrogens with one attached hydrogen (secondary N) is 1. The van der Waals surface area contributed by atoms with E-state index in [1.807, 2.05) is 24.3 Å². The molecule has 2 N–H and O–H groups in total. The van der Waals surface area contributed by atoms with Crippen molar-refractivity contribution in [3.8, 4) is 0 Å². The number of carboxylic acids is 1. The lowest BCUT2D eigenvalue weighted by Crippen LogP contribution is -2.45. The van der Waals surface area contributed by atoms with Gasteiger partial charge in [0.25, 0.3) is 0 Å². The zero-order chi connectivity index (χ0) is 20.0. The number of ether oxygens (including phenoxy) is 1. The van der Waals surface area contributed by atoms with Gasteiger partial charge in [-0.15, -0.1) is 0 Å². The summed E-state index contributed by atoms with van der Waals surface area (Å²) in [7, 11) is 1.69. The number of hydrogen-bond donors (Lipinski definition) is 2. The van der Waals surface area contributed by atoms with Crippen molar-refractivity contribution in [3.05, 3.63) is 83.4 Å². The molecule has 0 amide bonds. The highest BCUT2D eigenvalue weighted by molar-refractivity contribution is 5.87. The molecule has 0 aliphatic rings. The smallest absolute Gasteiger partial charge is 0.335 e. The third-order valence-corrected chi connectivity index (χ3v) is 5.15. The summed E-state index contributed by atoms with van der Waals surface area (Å²) in [6, 6.07) is 21.4. The lowest BCUT2D eigenvalue weighted by molar-refractivity contribution is -0.00854. The standard InChI is InChI=1S/C24H27NO3/c1-3-4-7-16-25-24(28-2,21-13-11-19(12-14-21)23(26)27)22-15-10-18-8-5-6-9-20(18)17-22/h5-6,8-15,17,25H,3-4,7,16H2,1-2H3,(H,26,27). The van der Waals surface area contributed by atoms with E-state index >= 15 is 0 Å². The van der Waals surface area contributed by atoms with E-state index in [1.165, 1.54) is 5.39 Å². The molecular formula is C24H27NO3. The van der Waals surface area contributed by atoms with Crippen molar-refractivity contribution in [1.82, 2.24) is 5.32 Å². The Kier molecular flexibility index (Phi) is 6.45. The predicted molar refractivity (Wildman–Crippen MR) is 113 cm³/mol. The second-order valence-corrected chi connectivity index (χ2v) is 6.96. The zero-order valence-electron chi connectivity index (χ0n) is 16.4. The summed E-state index contributed by atoms with van der Waals surface area (Å²) < 4.78 is 6.08. The molecule has 0 aliphatic carbocycles. The number of carboxylic acid groups (broad SMARTS) is 1. The largest absolute Gasteiger partial charge is 0.478 e. The molecule has 0 aliphatic heterocycles. The molecule has 1 atom stereocenters. The number of aromatic carboxylic acids is 1. The number of benzene rings is 3. The summed E-state index contributed by atoms with van der Waals surface area (Å²) in [5.74, 6) is -0.934. The summed E-state index contributed by atoms with van der Waals surface area (Å²) in [6.07, 6.45) is 3.33. The number of carbonyl (C=O) groups is 1. The molecule has 28 heavy (non-hydrogen) atoms. The summed E-state index contributed by atoms with van der Waals surface area (Å²) in [5.41, 5.74) is 1.30. The van der Waals surface area contributed by atoms with Crippen LogP contribution in [0.5, 0.6) is 0 Å². The minimum atomic E-state index is -0.934. The summed E-state index contributed by atoms with van der Waals surface area (Å²) >= 11 is 0. The van der Waals surface area contributed by atoms with E-state index in [9.17, 15) is 9.90 Å². The maximum Gasteiger partial charge on any atom is 0.335 e. The Morgan fingerprint density at radius 3 is 2.29 bits per heavy atom. The quantitative estimate of drug-likeness (QED) is 0.399. The van der Waals surface area contributed by atoms with Crippen molar-refractivity contribution in [2.45, 2.75) is 31.9 Å². The van der Waals surface area contributed by atoms with Crippen LogP contribution in [0.2, 0.25) is 0 Å². The number of methoxy groups -OCH3 is 1. The van der Waals surface area contributed by atoms with Crippen LogP contribution in [0.25, 0.3) is 10.8 Å². The molecule has 3 rings (SSSR count). The fourth-order valence-electron chi connectivity index (χ4n) is 3.57. The van der Waals surface area contributed by atoms with Gasteiger partial charge in [0.1, 0.15) is 0 Å². The molecule has 0 saturated carbocycles. The summed E-state index contributed by atoms with van der Waals surface area (Å²) in [6.45, 7) is 2.98. The van der Waals surface area contributed by atoms with Gasteiger partial charge in [-0.1, -0.05) is 68.3 Å². The van der Waals surface area contributed by atoms with Crippen molar-refractivity contribution < 1.29 is 14.6 Å². The van der Waals surface area contributed by atoms with Crippen molar-refractivity contribution in [2.24, 2.45) is 0 Å². The van der Waals surface area contributed by atoms with Crippen LogP contribution in [0.1, 0.15) is 47.7 Å². The van der Waals surface area contributed by atoms with Crippen molar-refractivity contribution in [2.75, 3.05) is 13.7 Å². The average Bonchev–Trinajstić information content (AvgIpc) is 2.74. The van der Waals surface area contributed by atoms with Crippen LogP contribution in [0.3, 0.4) is 0 Å². The molecule has 3 aromatic carbocycles. The van der Waals surface area contributed by atoms with Gasteiger partial charge >= 0.3 is 5.97 Å². The minimum Gasteiger partial charge on any atom is -0.478 e. The summed E-state index contributed by atoms with van der Waals surface area (Å²) in [4.78, 5) is 11.2. The van der Waals surface area contributed by atoms with Crippen molar-refractivity contribution in [1.29, 1.82) is 0 Å². The van der Waals surface area contributed by atoms with Crippen LogP contribution in [0, 0.1) is 0 Å². The van der Waals surface area contributed by atoms with E-state index < -0.39 is 11.7 Å². The highest BCUT2D eigenvalue weighted by Crippen LogP contribution is 2.33. The molecule has 1 unspecified atom stereocenters. The lowest BCUT2D eigenvalue weighted by Gasteiger charge is -2.35. The third-order valence-electron chi connectivity index (χ3n) is 5.15. The van der Waals surface area contributed by atoms with Crippen LogP contribution >= 0.6 is 0 Å². The Balaban J connectivity index is 2.06. The Bertz CT molecular complexity index is 936. The number of unbranched alkanes of at least 4 members (excludes halogenated alkanes) is 2. The molecule has 0 heterocycles. The first kappa shape index (κ1) is 20.1. The molecule has 0 bridgehead atoms. The molecule has 0 saturated heterocycles. The van der Waals surface area contributed by atoms with E-state index in [2.05, 4.69) is 42.6 Å². The maximum absolute atomic E-state index is 11.2. The van der Waals surface area contributed by atoms with Crippen LogP contribution < -0.4 is 5.32 Å². The molecular weight excluding hydrogens is 350 g/mol. The second-order valence-electron chi connectivity index (χ2n) is 6.96. The fourth-order valence-corrected chi connectivity index (χ4v) is 3.57. The van der Waals surface area contributed by atoms with Gasteiger partial charge in [-0.25, -0.2) is 4.79 Å². The molecule has 0 fully saturated rings. The third kappa shape index (κ3) is 4.08. The van der Waals surface area contributed by atoms with Gasteiger partial charge in [-0.3, -0.25) is 5.32 Å². The highest BCUT2D eigenvalue weighted by Gasteiger charge is 2.34. The minimum absolute atomic E-state index is 0.262.